The van der Waals surface area contributed by atoms with Gasteiger partial charge in [0, 0.05) is 6.54 Å². The van der Waals surface area contributed by atoms with Crippen molar-refractivity contribution in [3.8, 4) is 0 Å². The maximum Gasteiger partial charge on any atom is 0.472 e. The summed E-state index contributed by atoms with van der Waals surface area (Å²) in [5, 5.41) is 24.0. The number of amides is 1. The Morgan fingerprint density at radius 3 is 1.58 bits per heavy atom. The minimum Gasteiger partial charge on any atom is -0.391 e. The fourth-order valence-corrected chi connectivity index (χ4v) is 7.29. The van der Waals surface area contributed by atoms with Gasteiger partial charge in [-0.3, -0.25) is 13.8 Å². The van der Waals surface area contributed by atoms with Crippen molar-refractivity contribution in [3.63, 3.8) is 0 Å². The molecule has 4 atom stereocenters. The van der Waals surface area contributed by atoms with Crippen molar-refractivity contribution in [1.29, 1.82) is 0 Å². The molecule has 0 saturated carbocycles. The van der Waals surface area contributed by atoms with E-state index in [0.29, 0.717) is 12.8 Å². The fourth-order valence-electron chi connectivity index (χ4n) is 6.53. The number of unbranched alkanes of at least 4 members (excludes halogenated alkanes) is 25. The van der Waals surface area contributed by atoms with Crippen LogP contribution < -0.4 is 11.1 Å². The summed E-state index contributed by atoms with van der Waals surface area (Å²) in [6, 6.07) is -0.925. The van der Waals surface area contributed by atoms with Crippen molar-refractivity contribution in [1.82, 2.24) is 5.32 Å². The van der Waals surface area contributed by atoms with Crippen molar-refractivity contribution in [2.75, 3.05) is 19.8 Å². The number of phosphoric acid groups is 1. The smallest absolute Gasteiger partial charge is 0.391 e. The highest BCUT2D eigenvalue weighted by Crippen LogP contribution is 2.43. The molecule has 53 heavy (non-hydrogen) atoms. The standard InChI is InChI=1S/C43H85N2O7P/c1-3-5-7-9-11-13-15-16-17-18-19-20-21-22-23-25-27-29-31-33-35-42(47)41(39-52-53(49,50)51-37-36-44)45-43(48)38-40(46)34-32-30-28-26-24-14-12-10-8-6-4-2/h26,28,32,34,40-42,46-47H,3-25,27,29-31,33,35-39,44H2,1-2H3,(H,45,48)(H,49,50)/b28-26-,34-32-. The number of aliphatic hydroxyl groups excluding tert-OH is 2. The van der Waals surface area contributed by atoms with Gasteiger partial charge in [0.2, 0.25) is 5.91 Å². The zero-order valence-electron chi connectivity index (χ0n) is 34.4. The van der Waals surface area contributed by atoms with Crippen LogP contribution in [-0.2, 0) is 18.4 Å². The van der Waals surface area contributed by atoms with E-state index in [1.165, 1.54) is 148 Å². The van der Waals surface area contributed by atoms with Crippen LogP contribution in [0.5, 0.6) is 0 Å². The maximum absolute atomic E-state index is 12.8. The van der Waals surface area contributed by atoms with Gasteiger partial charge in [-0.2, -0.15) is 0 Å². The Morgan fingerprint density at radius 2 is 1.11 bits per heavy atom. The lowest BCUT2D eigenvalue weighted by molar-refractivity contribution is -0.124. The molecule has 10 heteroatoms. The number of rotatable bonds is 41. The van der Waals surface area contributed by atoms with Gasteiger partial charge < -0.3 is 26.2 Å². The van der Waals surface area contributed by atoms with Crippen LogP contribution in [-0.4, -0.2) is 59.0 Å². The number of allylic oxidation sites excluding steroid dienone is 3. The second-order valence-corrected chi connectivity index (χ2v) is 16.6. The molecule has 0 radical (unpaired) electrons. The van der Waals surface area contributed by atoms with E-state index in [1.807, 2.05) is 6.08 Å². The van der Waals surface area contributed by atoms with Crippen LogP contribution in [0.25, 0.3) is 0 Å². The van der Waals surface area contributed by atoms with Crippen LogP contribution in [0.1, 0.15) is 206 Å². The van der Waals surface area contributed by atoms with E-state index in [4.69, 9.17) is 14.8 Å². The topological polar surface area (TPSA) is 151 Å². The SMILES string of the molecule is CCCCCCCC/C=C\C/C=C\C(O)CC(=O)NC(COP(=O)(O)OCCN)C(O)CCCCCCCCCCCCCCCCCCCCCC. The number of carbonyl (C=O) groups is 1. The zero-order chi connectivity index (χ0) is 39.1. The molecule has 9 nitrogen and oxygen atoms in total. The van der Waals surface area contributed by atoms with E-state index in [2.05, 4.69) is 31.3 Å². The molecule has 0 bridgehead atoms. The van der Waals surface area contributed by atoms with E-state index in [1.54, 1.807) is 6.08 Å². The van der Waals surface area contributed by atoms with Crippen molar-refractivity contribution in [2.24, 2.45) is 5.73 Å². The molecule has 6 N–H and O–H groups in total. The molecule has 0 rings (SSSR count). The van der Waals surface area contributed by atoms with Crippen molar-refractivity contribution in [2.45, 2.75) is 225 Å². The summed E-state index contributed by atoms with van der Waals surface area (Å²) in [4.78, 5) is 22.7. The first kappa shape index (κ1) is 51.9. The molecule has 0 aliphatic rings. The highest BCUT2D eigenvalue weighted by molar-refractivity contribution is 7.47. The van der Waals surface area contributed by atoms with Gasteiger partial charge in [-0.25, -0.2) is 4.57 Å². The third kappa shape index (κ3) is 37.6. The quantitative estimate of drug-likeness (QED) is 0.0234. The van der Waals surface area contributed by atoms with Crippen LogP contribution >= 0.6 is 7.82 Å². The summed E-state index contributed by atoms with van der Waals surface area (Å²) in [6.45, 7) is 3.99. The average Bonchev–Trinajstić information content (AvgIpc) is 3.13. The molecular formula is C43H85N2O7P. The molecule has 0 heterocycles. The average molecular weight is 773 g/mol. The Balaban J connectivity index is 4.27. The molecule has 0 aromatic carbocycles. The molecule has 0 aliphatic carbocycles. The van der Waals surface area contributed by atoms with Gasteiger partial charge in [0.25, 0.3) is 0 Å². The molecule has 0 aromatic heterocycles. The highest BCUT2D eigenvalue weighted by atomic mass is 31.2. The van der Waals surface area contributed by atoms with Crippen LogP contribution in [0.2, 0.25) is 0 Å². The van der Waals surface area contributed by atoms with E-state index in [0.717, 1.165) is 25.7 Å². The van der Waals surface area contributed by atoms with Crippen molar-refractivity contribution >= 4 is 13.7 Å². The number of hydrogen-bond donors (Lipinski definition) is 5. The van der Waals surface area contributed by atoms with E-state index < -0.39 is 38.6 Å². The van der Waals surface area contributed by atoms with Gasteiger partial charge >= 0.3 is 7.82 Å². The zero-order valence-corrected chi connectivity index (χ0v) is 35.3. The molecule has 0 saturated heterocycles. The fraction of sp³-hybridized carbons (Fsp3) is 0.884. The summed E-state index contributed by atoms with van der Waals surface area (Å²) < 4.78 is 22.1. The molecule has 0 aromatic rings. The largest absolute Gasteiger partial charge is 0.472 e. The first-order valence-corrected chi connectivity index (χ1v) is 23.5. The lowest BCUT2D eigenvalue weighted by Gasteiger charge is -2.25. The highest BCUT2D eigenvalue weighted by Gasteiger charge is 2.28. The van der Waals surface area contributed by atoms with Crippen LogP contribution in [0.15, 0.2) is 24.3 Å². The Morgan fingerprint density at radius 1 is 0.660 bits per heavy atom. The normalized spacial score (nSPS) is 14.9. The van der Waals surface area contributed by atoms with Crippen molar-refractivity contribution < 1.29 is 33.5 Å². The van der Waals surface area contributed by atoms with Gasteiger partial charge in [-0.05, 0) is 25.7 Å². The molecule has 0 fully saturated rings. The third-order valence-electron chi connectivity index (χ3n) is 9.87. The molecule has 0 spiro atoms. The summed E-state index contributed by atoms with van der Waals surface area (Å²) in [5.74, 6) is -0.479. The molecule has 1 amide bonds. The minimum atomic E-state index is -4.39. The minimum absolute atomic E-state index is 0.0520. The van der Waals surface area contributed by atoms with Crippen LogP contribution in [0.4, 0.5) is 0 Å². The predicted molar refractivity (Wildman–Crippen MR) is 223 cm³/mol. The number of hydrogen-bond acceptors (Lipinski definition) is 7. The summed E-state index contributed by atoms with van der Waals surface area (Å²) in [7, 11) is -4.39. The lowest BCUT2D eigenvalue weighted by atomic mass is 10.0. The van der Waals surface area contributed by atoms with E-state index in [-0.39, 0.29) is 19.6 Å². The molecule has 314 valence electrons. The lowest BCUT2D eigenvalue weighted by Crippen LogP contribution is -2.47. The van der Waals surface area contributed by atoms with Crippen LogP contribution in [0.3, 0.4) is 0 Å². The Labute approximate surface area is 326 Å². The number of nitrogens with two attached hydrogens (primary N) is 1. The van der Waals surface area contributed by atoms with E-state index in [9.17, 15) is 24.5 Å². The molecule has 4 unspecified atom stereocenters. The van der Waals surface area contributed by atoms with Gasteiger partial charge in [0.05, 0.1) is 37.9 Å². The Bertz CT molecular complexity index is 904. The van der Waals surface area contributed by atoms with Crippen LogP contribution in [0, 0.1) is 0 Å². The molecule has 0 aliphatic heterocycles. The molecular weight excluding hydrogens is 687 g/mol. The summed E-state index contributed by atoms with van der Waals surface area (Å²) >= 11 is 0. The monoisotopic (exact) mass is 773 g/mol. The van der Waals surface area contributed by atoms with Gasteiger partial charge in [0.15, 0.2) is 0 Å². The Hall–Kier alpha value is -1.06. The number of nitrogens with one attached hydrogen (secondary N) is 1. The second kappa shape index (κ2) is 39.2. The first-order chi connectivity index (χ1) is 25.8. The maximum atomic E-state index is 12.8. The van der Waals surface area contributed by atoms with Gasteiger partial charge in [0.1, 0.15) is 0 Å². The number of phosphoric ester groups is 1. The van der Waals surface area contributed by atoms with E-state index >= 15 is 0 Å². The predicted octanol–water partition coefficient (Wildman–Crippen LogP) is 11.1. The Kier molecular flexibility index (Phi) is 38.4. The summed E-state index contributed by atoms with van der Waals surface area (Å²) in [6.07, 6.45) is 41.1. The first-order valence-electron chi connectivity index (χ1n) is 22.0. The van der Waals surface area contributed by atoms with Gasteiger partial charge in [-0.1, -0.05) is 199 Å². The third-order valence-corrected chi connectivity index (χ3v) is 10.9. The van der Waals surface area contributed by atoms with Gasteiger partial charge in [-0.15, -0.1) is 0 Å². The van der Waals surface area contributed by atoms with Crippen molar-refractivity contribution in [3.05, 3.63) is 24.3 Å². The second-order valence-electron chi connectivity index (χ2n) is 15.1. The number of carbonyl (C=O) groups excluding carboxylic acids is 1. The summed E-state index contributed by atoms with van der Waals surface area (Å²) in [5.41, 5.74) is 5.36. The number of aliphatic hydroxyl groups is 2.